The van der Waals surface area contributed by atoms with Crippen molar-refractivity contribution in [2.24, 2.45) is 10.5 Å². The van der Waals surface area contributed by atoms with Gasteiger partial charge < -0.3 is 9.94 Å². The van der Waals surface area contributed by atoms with Gasteiger partial charge in [-0.15, -0.1) is 9.81 Å². The molecular weight excluding hydrogens is 192 g/mol. The topological polar surface area (TPSA) is 105 Å². The van der Waals surface area contributed by atoms with E-state index in [4.69, 9.17) is 5.11 Å². The predicted octanol–water partition coefficient (Wildman–Crippen LogP) is 1.84. The van der Waals surface area contributed by atoms with Crippen molar-refractivity contribution in [3.05, 3.63) is 33.6 Å². The number of hydrogen-bond donors (Lipinski definition) is 1. The lowest BCUT2D eigenvalue weighted by Gasteiger charge is -2.01. The van der Waals surface area contributed by atoms with Gasteiger partial charge in [-0.25, -0.2) is 4.79 Å². The second-order valence-electron chi connectivity index (χ2n) is 2.22. The summed E-state index contributed by atoms with van der Waals surface area (Å²) in [6, 6.07) is 3.68. The molecule has 7 heteroatoms. The quantitative estimate of drug-likeness (QED) is 0.584. The van der Waals surface area contributed by atoms with Crippen molar-refractivity contribution in [1.82, 2.24) is 0 Å². The summed E-state index contributed by atoms with van der Waals surface area (Å²) in [5, 5.41) is 13.2. The zero-order valence-electron chi connectivity index (χ0n) is 6.71. The maximum absolute atomic E-state index is 10.6. The van der Waals surface area contributed by atoms with Crippen LogP contribution in [0.1, 0.15) is 10.4 Å². The molecule has 0 aliphatic rings. The van der Waals surface area contributed by atoms with Gasteiger partial charge in [0.05, 0.1) is 0 Å². The highest BCUT2D eigenvalue weighted by atomic mass is 16.7. The SMILES string of the molecule is O=NOc1c(N=O)cccc1C(=O)O. The lowest BCUT2D eigenvalue weighted by molar-refractivity contribution is 0.0692. The molecule has 0 amide bonds. The molecule has 0 fully saturated rings. The number of nitrogens with zero attached hydrogens (tertiary/aromatic N) is 2. The lowest BCUT2D eigenvalue weighted by Crippen LogP contribution is -1.99. The van der Waals surface area contributed by atoms with E-state index in [0.717, 1.165) is 6.07 Å². The second-order valence-corrected chi connectivity index (χ2v) is 2.22. The molecule has 0 aliphatic heterocycles. The van der Waals surface area contributed by atoms with E-state index in [1.165, 1.54) is 12.1 Å². The van der Waals surface area contributed by atoms with Crippen molar-refractivity contribution in [3.8, 4) is 5.75 Å². The summed E-state index contributed by atoms with van der Waals surface area (Å²) >= 11 is 0. The Bertz CT molecular complexity index is 390. The third-order valence-corrected chi connectivity index (χ3v) is 1.45. The molecule has 0 aromatic heterocycles. The van der Waals surface area contributed by atoms with E-state index >= 15 is 0 Å². The first-order valence-electron chi connectivity index (χ1n) is 3.40. The van der Waals surface area contributed by atoms with Crippen LogP contribution in [0.15, 0.2) is 28.7 Å². The monoisotopic (exact) mass is 196 g/mol. The fourth-order valence-electron chi connectivity index (χ4n) is 0.898. The van der Waals surface area contributed by atoms with Crippen LogP contribution in [-0.4, -0.2) is 11.1 Å². The highest BCUT2D eigenvalue weighted by molar-refractivity contribution is 5.93. The van der Waals surface area contributed by atoms with E-state index in [2.05, 4.69) is 10.0 Å². The van der Waals surface area contributed by atoms with E-state index in [1.807, 2.05) is 5.34 Å². The number of rotatable bonds is 4. The number of para-hydroxylation sites is 1. The molecule has 1 aromatic rings. The first-order valence-corrected chi connectivity index (χ1v) is 3.40. The minimum atomic E-state index is -1.34. The zero-order valence-corrected chi connectivity index (χ0v) is 6.71. The molecule has 0 saturated carbocycles. The highest BCUT2D eigenvalue weighted by Gasteiger charge is 2.16. The summed E-state index contributed by atoms with van der Waals surface area (Å²) < 4.78 is 0. The Balaban J connectivity index is 3.34. The first-order chi connectivity index (χ1) is 6.70. The molecule has 0 unspecified atom stereocenters. The Morgan fingerprint density at radius 3 is 2.57 bits per heavy atom. The van der Waals surface area contributed by atoms with Gasteiger partial charge in [0.2, 0.25) is 5.75 Å². The van der Waals surface area contributed by atoms with Crippen LogP contribution in [0.25, 0.3) is 0 Å². The number of carbonyl (C=O) groups is 1. The summed E-state index contributed by atoms with van der Waals surface area (Å²) in [6.45, 7) is 0. The number of hydrogen-bond acceptors (Lipinski definition) is 6. The van der Waals surface area contributed by atoms with E-state index < -0.39 is 11.7 Å². The Morgan fingerprint density at radius 2 is 2.07 bits per heavy atom. The van der Waals surface area contributed by atoms with Crippen molar-refractivity contribution in [2.45, 2.75) is 0 Å². The van der Waals surface area contributed by atoms with Crippen LogP contribution in [0, 0.1) is 9.81 Å². The van der Waals surface area contributed by atoms with Crippen LogP contribution in [0.2, 0.25) is 0 Å². The molecule has 7 nitrogen and oxygen atoms in total. The number of aromatic carboxylic acids is 1. The zero-order chi connectivity index (χ0) is 10.6. The van der Waals surface area contributed by atoms with Crippen LogP contribution in [0.4, 0.5) is 5.69 Å². The second kappa shape index (κ2) is 4.08. The smallest absolute Gasteiger partial charge is 0.339 e. The minimum Gasteiger partial charge on any atom is -0.478 e. The Morgan fingerprint density at radius 1 is 1.36 bits per heavy atom. The van der Waals surface area contributed by atoms with Gasteiger partial charge in [-0.2, -0.15) is 0 Å². The normalized spacial score (nSPS) is 9.14. The summed E-state index contributed by atoms with van der Waals surface area (Å²) in [5.74, 6) is -1.79. The van der Waals surface area contributed by atoms with Gasteiger partial charge in [0.1, 0.15) is 5.56 Å². The van der Waals surface area contributed by atoms with Crippen molar-refractivity contribution in [3.63, 3.8) is 0 Å². The molecule has 14 heavy (non-hydrogen) atoms. The Kier molecular flexibility index (Phi) is 2.85. The van der Waals surface area contributed by atoms with Crippen molar-refractivity contribution < 1.29 is 14.7 Å². The highest BCUT2D eigenvalue weighted by Crippen LogP contribution is 2.31. The number of carboxylic acids is 1. The maximum Gasteiger partial charge on any atom is 0.339 e. The molecule has 0 bridgehead atoms. The predicted molar refractivity (Wildman–Crippen MR) is 45.3 cm³/mol. The summed E-state index contributed by atoms with van der Waals surface area (Å²) in [7, 11) is 0. The van der Waals surface area contributed by atoms with Gasteiger partial charge in [-0.1, -0.05) is 6.07 Å². The lowest BCUT2D eigenvalue weighted by atomic mass is 10.2. The average Bonchev–Trinajstić information content (AvgIpc) is 2.18. The first kappa shape index (κ1) is 9.78. The number of carboxylic acid groups (broad SMARTS) is 1. The molecule has 0 aliphatic carbocycles. The Labute approximate surface area is 77.2 Å². The van der Waals surface area contributed by atoms with Gasteiger partial charge in [0.25, 0.3) is 0 Å². The fourth-order valence-corrected chi connectivity index (χ4v) is 0.898. The van der Waals surface area contributed by atoms with Crippen LogP contribution >= 0.6 is 0 Å². The van der Waals surface area contributed by atoms with E-state index in [9.17, 15) is 14.6 Å². The van der Waals surface area contributed by atoms with Crippen LogP contribution in [0.5, 0.6) is 5.75 Å². The fraction of sp³-hybridized carbons (Fsp3) is 0. The molecule has 0 saturated heterocycles. The van der Waals surface area contributed by atoms with Crippen LogP contribution < -0.4 is 4.84 Å². The molecular formula is C7H4N2O5. The molecule has 0 heterocycles. The van der Waals surface area contributed by atoms with E-state index in [1.54, 1.807) is 0 Å². The summed E-state index contributed by atoms with van der Waals surface area (Å²) in [4.78, 5) is 34.7. The average molecular weight is 196 g/mol. The van der Waals surface area contributed by atoms with Gasteiger partial charge in [-0.05, 0) is 17.3 Å². The standard InChI is InChI=1S/C7H4N2O5/c10-7(11)4-2-1-3-5(8-12)6(4)14-9-13/h1-3H,(H,10,11). The van der Waals surface area contributed by atoms with Crippen molar-refractivity contribution in [2.75, 3.05) is 0 Å². The number of benzene rings is 1. The van der Waals surface area contributed by atoms with E-state index in [-0.39, 0.29) is 11.3 Å². The molecule has 0 radical (unpaired) electrons. The Hall–Kier alpha value is -2.31. The van der Waals surface area contributed by atoms with Crippen LogP contribution in [0.3, 0.4) is 0 Å². The van der Waals surface area contributed by atoms with Gasteiger partial charge in [0.15, 0.2) is 11.0 Å². The molecule has 0 spiro atoms. The van der Waals surface area contributed by atoms with Gasteiger partial charge in [0, 0.05) is 0 Å². The largest absolute Gasteiger partial charge is 0.478 e. The van der Waals surface area contributed by atoms with Gasteiger partial charge >= 0.3 is 5.97 Å². The summed E-state index contributed by atoms with van der Waals surface area (Å²) in [5.41, 5.74) is -0.633. The minimum absolute atomic E-state index is 0.287. The summed E-state index contributed by atoms with van der Waals surface area (Å²) in [6.07, 6.45) is 0. The van der Waals surface area contributed by atoms with Crippen molar-refractivity contribution in [1.29, 1.82) is 0 Å². The van der Waals surface area contributed by atoms with Gasteiger partial charge in [-0.3, -0.25) is 0 Å². The molecule has 1 aromatic carbocycles. The third kappa shape index (κ3) is 1.71. The molecule has 1 N–H and O–H groups in total. The third-order valence-electron chi connectivity index (χ3n) is 1.45. The number of nitroso groups, excluding NO2 is 1. The maximum atomic E-state index is 10.6. The van der Waals surface area contributed by atoms with Crippen molar-refractivity contribution >= 4 is 11.7 Å². The van der Waals surface area contributed by atoms with Crippen LogP contribution in [-0.2, 0) is 0 Å². The molecule has 72 valence electrons. The molecule has 1 rings (SSSR count). The van der Waals surface area contributed by atoms with E-state index in [0.29, 0.717) is 0 Å². The molecule has 0 atom stereocenters.